The number of hydrogen-bond donors (Lipinski definition) is 2. The van der Waals surface area contributed by atoms with Crippen LogP contribution in [-0.2, 0) is 59.8 Å². The quantitative estimate of drug-likeness (QED) is 0.0586. The molecular weight excluding hydrogens is 791 g/mol. The SMILES string of the molecule is CCN1/C(=C/C=C/C=C/C2=[N+](CCCCCC(=O)ON3C(=O)CCC3=O)c3ccc(S(=O)(=O)O)cc3C2(C)CCOC)C(C)(CCOC)c2cc(S(=O)(=O)O)ccc21. The van der Waals surface area contributed by atoms with Gasteiger partial charge in [-0.25, -0.2) is 4.79 Å². The standard InChI is InChI=1S/C41H51N3O12S2/c1-6-42-33-18-16-29(57(48,49)50)27-31(33)40(2,22-25-54-4)35(42)13-9-7-10-14-36-41(3,23-26-55-5)32-28-30(58(51,52)53)17-19-34(32)43(36)24-12-8-11-15-39(47)56-44-37(45)20-21-38(44)46/h7,9-10,13-14,16-19,27-28H,6,8,11-12,15,20-26H2,1-5H3,(H-,48,49,50,51,52,53)/p+1. The predicted octanol–water partition coefficient (Wildman–Crippen LogP) is 5.57. The first-order valence-corrected chi connectivity index (χ1v) is 22.0. The van der Waals surface area contributed by atoms with E-state index >= 15 is 0 Å². The Morgan fingerprint density at radius 3 is 2.03 bits per heavy atom. The maximum absolute atomic E-state index is 12.4. The van der Waals surface area contributed by atoms with E-state index in [-0.39, 0.29) is 29.1 Å². The summed E-state index contributed by atoms with van der Waals surface area (Å²) in [7, 11) is -5.74. The van der Waals surface area contributed by atoms with Crippen molar-refractivity contribution in [3.8, 4) is 0 Å². The molecule has 1 fully saturated rings. The van der Waals surface area contributed by atoms with Crippen LogP contribution in [0.4, 0.5) is 11.4 Å². The van der Waals surface area contributed by atoms with Crippen LogP contribution in [0, 0.1) is 0 Å². The number of nitrogens with zero attached hydrogens (tertiary/aromatic N) is 3. The highest BCUT2D eigenvalue weighted by Crippen LogP contribution is 2.50. The van der Waals surface area contributed by atoms with Gasteiger partial charge in [0.2, 0.25) is 5.69 Å². The van der Waals surface area contributed by atoms with Crippen molar-refractivity contribution in [2.45, 2.75) is 92.8 Å². The zero-order valence-electron chi connectivity index (χ0n) is 33.5. The van der Waals surface area contributed by atoms with Crippen molar-refractivity contribution in [1.82, 2.24) is 5.06 Å². The fourth-order valence-corrected chi connectivity index (χ4v) is 9.00. The normalized spacial score (nSPS) is 21.7. The Hall–Kier alpha value is -4.52. The second-order valence-corrected chi connectivity index (χ2v) is 17.7. The number of fused-ring (bicyclic) bond motifs is 2. The topological polar surface area (TPSA) is 197 Å². The van der Waals surface area contributed by atoms with Gasteiger partial charge in [0.25, 0.3) is 32.1 Å². The van der Waals surface area contributed by atoms with Crippen molar-refractivity contribution >= 4 is 55.1 Å². The van der Waals surface area contributed by atoms with Crippen LogP contribution < -0.4 is 4.90 Å². The van der Waals surface area contributed by atoms with Gasteiger partial charge in [0.15, 0.2) is 5.71 Å². The molecule has 3 aliphatic heterocycles. The van der Waals surface area contributed by atoms with Gasteiger partial charge in [-0.3, -0.25) is 18.7 Å². The first kappa shape index (κ1) is 44.6. The zero-order chi connectivity index (χ0) is 42.5. The number of hydroxylamine groups is 2. The van der Waals surface area contributed by atoms with Gasteiger partial charge < -0.3 is 19.2 Å². The molecule has 2 N–H and O–H groups in total. The van der Waals surface area contributed by atoms with Crippen molar-refractivity contribution in [1.29, 1.82) is 0 Å². The summed E-state index contributed by atoms with van der Waals surface area (Å²) in [6.07, 6.45) is 12.4. The highest BCUT2D eigenvalue weighted by molar-refractivity contribution is 7.86. The number of unbranched alkanes of at least 4 members (excludes halogenated alkanes) is 2. The molecule has 5 rings (SSSR count). The van der Waals surface area contributed by atoms with Gasteiger partial charge in [-0.05, 0) is 88.4 Å². The summed E-state index contributed by atoms with van der Waals surface area (Å²) >= 11 is 0. The maximum Gasteiger partial charge on any atom is 0.333 e. The van der Waals surface area contributed by atoms with Gasteiger partial charge in [-0.1, -0.05) is 18.2 Å². The molecule has 314 valence electrons. The molecule has 2 atom stereocenters. The van der Waals surface area contributed by atoms with Gasteiger partial charge in [0.1, 0.15) is 6.54 Å². The Morgan fingerprint density at radius 1 is 0.828 bits per heavy atom. The summed E-state index contributed by atoms with van der Waals surface area (Å²) in [6.45, 7) is 7.89. The van der Waals surface area contributed by atoms with E-state index in [0.29, 0.717) is 69.0 Å². The average Bonchev–Trinajstić information content (AvgIpc) is 3.71. The highest BCUT2D eigenvalue weighted by atomic mass is 32.2. The molecule has 0 bridgehead atoms. The number of allylic oxidation sites excluding steroid dienone is 6. The number of ether oxygens (including phenoxy) is 2. The van der Waals surface area contributed by atoms with E-state index in [1.807, 2.05) is 51.2 Å². The van der Waals surface area contributed by atoms with E-state index in [9.17, 15) is 40.3 Å². The number of rotatable bonds is 19. The molecule has 2 aromatic carbocycles. The molecule has 2 unspecified atom stereocenters. The fraction of sp³-hybridized carbons (Fsp3) is 0.463. The third kappa shape index (κ3) is 9.35. The molecule has 2 amide bonds. The number of likely N-dealkylation sites (N-methyl/N-ethyl adjacent to an activating group) is 1. The van der Waals surface area contributed by atoms with Crippen LogP contribution in [0.15, 0.2) is 82.3 Å². The monoisotopic (exact) mass is 842 g/mol. The third-order valence-electron chi connectivity index (χ3n) is 11.1. The summed E-state index contributed by atoms with van der Waals surface area (Å²) in [6, 6.07) is 9.17. The first-order valence-electron chi connectivity index (χ1n) is 19.2. The number of amides is 2. The summed E-state index contributed by atoms with van der Waals surface area (Å²) in [5.74, 6) is -1.74. The second kappa shape index (κ2) is 18.2. The lowest BCUT2D eigenvalue weighted by atomic mass is 9.76. The van der Waals surface area contributed by atoms with Gasteiger partial charge in [0.05, 0.1) is 15.2 Å². The molecule has 58 heavy (non-hydrogen) atoms. The summed E-state index contributed by atoms with van der Waals surface area (Å²) in [4.78, 5) is 42.7. The minimum atomic E-state index is -4.50. The molecule has 0 spiro atoms. The Labute approximate surface area is 340 Å². The van der Waals surface area contributed by atoms with Crippen LogP contribution in [0.2, 0.25) is 0 Å². The first-order chi connectivity index (χ1) is 27.4. The Morgan fingerprint density at radius 2 is 1.43 bits per heavy atom. The number of benzene rings is 2. The van der Waals surface area contributed by atoms with Gasteiger partial charge in [-0.15, -0.1) is 5.06 Å². The van der Waals surface area contributed by atoms with Gasteiger partial charge in [-0.2, -0.15) is 21.4 Å². The van der Waals surface area contributed by atoms with Gasteiger partial charge >= 0.3 is 5.97 Å². The van der Waals surface area contributed by atoms with Crippen molar-refractivity contribution < 1.29 is 59.2 Å². The molecule has 0 radical (unpaired) electrons. The third-order valence-corrected chi connectivity index (χ3v) is 12.8. The lowest BCUT2D eigenvalue weighted by molar-refractivity contribution is -0.438. The molecule has 0 saturated carbocycles. The molecule has 3 heterocycles. The number of hydrogen-bond acceptors (Lipinski definition) is 11. The molecule has 1 saturated heterocycles. The lowest BCUT2D eigenvalue weighted by Crippen LogP contribution is -2.33. The lowest BCUT2D eigenvalue weighted by Gasteiger charge is -2.29. The highest BCUT2D eigenvalue weighted by Gasteiger charge is 2.48. The number of methoxy groups -OCH3 is 2. The molecular formula is C41H52N3O12S2+. The molecule has 2 aromatic rings. The molecule has 0 aromatic heterocycles. The maximum atomic E-state index is 12.4. The van der Waals surface area contributed by atoms with E-state index in [4.69, 9.17) is 14.3 Å². The van der Waals surface area contributed by atoms with Crippen molar-refractivity contribution in [2.75, 3.05) is 45.4 Å². The Bertz CT molecular complexity index is 2270. The van der Waals surface area contributed by atoms with Crippen LogP contribution in [0.25, 0.3) is 0 Å². The second-order valence-electron chi connectivity index (χ2n) is 14.9. The van der Waals surface area contributed by atoms with Gasteiger partial charge in [0, 0.05) is 94.2 Å². The largest absolute Gasteiger partial charge is 0.385 e. The summed E-state index contributed by atoms with van der Waals surface area (Å²) < 4.78 is 81.5. The van der Waals surface area contributed by atoms with Crippen molar-refractivity contribution in [3.63, 3.8) is 0 Å². The minimum absolute atomic E-state index is 0.0143. The number of carbonyl (C=O) groups is 3. The smallest absolute Gasteiger partial charge is 0.333 e. The number of anilines is 1. The van der Waals surface area contributed by atoms with E-state index in [1.165, 1.54) is 24.3 Å². The summed E-state index contributed by atoms with van der Waals surface area (Å²) in [5, 5.41) is 0.540. The van der Waals surface area contributed by atoms with E-state index < -0.39 is 48.8 Å². The predicted molar refractivity (Wildman–Crippen MR) is 215 cm³/mol. The molecule has 15 nitrogen and oxygen atoms in total. The van der Waals surface area contributed by atoms with E-state index in [1.54, 1.807) is 26.4 Å². The molecule has 17 heteroatoms. The Balaban J connectivity index is 1.44. The van der Waals surface area contributed by atoms with Crippen LogP contribution in [0.1, 0.15) is 83.3 Å². The average molecular weight is 843 g/mol. The van der Waals surface area contributed by atoms with Crippen LogP contribution in [0.3, 0.4) is 0 Å². The number of carbonyl (C=O) groups excluding carboxylic acids is 3. The van der Waals surface area contributed by atoms with Crippen LogP contribution in [0.5, 0.6) is 0 Å². The molecule has 3 aliphatic rings. The summed E-state index contributed by atoms with van der Waals surface area (Å²) in [5.41, 5.74) is 3.48. The number of imide groups is 1. The Kier molecular flexibility index (Phi) is 14.0. The van der Waals surface area contributed by atoms with E-state index in [0.717, 1.165) is 28.3 Å². The van der Waals surface area contributed by atoms with Crippen molar-refractivity contribution in [2.24, 2.45) is 0 Å². The van der Waals surface area contributed by atoms with Crippen LogP contribution >= 0.6 is 0 Å². The zero-order valence-corrected chi connectivity index (χ0v) is 35.1. The van der Waals surface area contributed by atoms with Crippen molar-refractivity contribution in [3.05, 3.63) is 83.6 Å². The molecule has 0 aliphatic carbocycles. The fourth-order valence-electron chi connectivity index (χ4n) is 7.98. The minimum Gasteiger partial charge on any atom is -0.385 e. The van der Waals surface area contributed by atoms with Crippen LogP contribution in [-0.4, -0.2) is 99.6 Å². The van der Waals surface area contributed by atoms with E-state index in [2.05, 4.69) is 9.48 Å².